The highest BCUT2D eigenvalue weighted by Crippen LogP contribution is 2.28. The first kappa shape index (κ1) is 15.6. The summed E-state index contributed by atoms with van der Waals surface area (Å²) in [7, 11) is 0. The molecule has 6 nitrogen and oxygen atoms in total. The third-order valence-electron chi connectivity index (χ3n) is 3.94. The van der Waals surface area contributed by atoms with E-state index in [0.29, 0.717) is 5.92 Å². The van der Waals surface area contributed by atoms with Gasteiger partial charge in [-0.15, -0.1) is 0 Å². The molecule has 0 spiro atoms. The van der Waals surface area contributed by atoms with Crippen molar-refractivity contribution in [2.45, 2.75) is 26.2 Å². The van der Waals surface area contributed by atoms with E-state index >= 15 is 0 Å². The van der Waals surface area contributed by atoms with E-state index in [9.17, 15) is 10.1 Å². The molecule has 1 fully saturated rings. The summed E-state index contributed by atoms with van der Waals surface area (Å²) in [6, 6.07) is 5.04. The molecule has 6 heteroatoms. The van der Waals surface area contributed by atoms with Crippen LogP contribution in [0.1, 0.15) is 26.2 Å². The number of rotatable bonds is 6. The molecule has 1 heterocycles. The van der Waals surface area contributed by atoms with Gasteiger partial charge in [-0.25, -0.2) is 0 Å². The van der Waals surface area contributed by atoms with Gasteiger partial charge in [0.2, 0.25) is 0 Å². The van der Waals surface area contributed by atoms with Gasteiger partial charge >= 0.3 is 0 Å². The lowest BCUT2D eigenvalue weighted by Crippen LogP contribution is -2.38. The van der Waals surface area contributed by atoms with Crippen molar-refractivity contribution >= 4 is 17.1 Å². The van der Waals surface area contributed by atoms with Gasteiger partial charge in [0.15, 0.2) is 0 Å². The fourth-order valence-electron chi connectivity index (χ4n) is 2.89. The number of nitro groups is 1. The molecular weight excluding hydrogens is 268 g/mol. The Bertz CT molecular complexity index is 487. The van der Waals surface area contributed by atoms with Gasteiger partial charge in [0, 0.05) is 24.8 Å². The van der Waals surface area contributed by atoms with Crippen LogP contribution in [0, 0.1) is 16.0 Å². The molecule has 1 aromatic rings. The molecular formula is C15H24N4O2. The molecule has 1 aliphatic rings. The van der Waals surface area contributed by atoms with Crippen molar-refractivity contribution in [3.8, 4) is 0 Å². The van der Waals surface area contributed by atoms with Crippen LogP contribution in [-0.2, 0) is 0 Å². The Morgan fingerprint density at radius 3 is 2.90 bits per heavy atom. The van der Waals surface area contributed by atoms with E-state index in [1.165, 1.54) is 18.9 Å². The second-order valence-electron chi connectivity index (χ2n) is 5.66. The first-order valence-electron chi connectivity index (χ1n) is 7.61. The van der Waals surface area contributed by atoms with Crippen molar-refractivity contribution in [3.05, 3.63) is 28.3 Å². The summed E-state index contributed by atoms with van der Waals surface area (Å²) in [6.45, 7) is 6.20. The van der Waals surface area contributed by atoms with E-state index < -0.39 is 4.92 Å². The normalized spacial score (nSPS) is 18.4. The van der Waals surface area contributed by atoms with Crippen LogP contribution in [-0.4, -0.2) is 31.1 Å². The predicted molar refractivity (Wildman–Crippen MR) is 85.6 cm³/mol. The van der Waals surface area contributed by atoms with Crippen LogP contribution in [0.15, 0.2) is 18.2 Å². The van der Waals surface area contributed by atoms with Crippen molar-refractivity contribution in [2.75, 3.05) is 36.8 Å². The fourth-order valence-corrected chi connectivity index (χ4v) is 2.89. The third kappa shape index (κ3) is 4.07. The van der Waals surface area contributed by atoms with Crippen LogP contribution in [0.4, 0.5) is 17.1 Å². The van der Waals surface area contributed by atoms with Gasteiger partial charge in [0.05, 0.1) is 4.92 Å². The smallest absolute Gasteiger partial charge is 0.292 e. The topological polar surface area (TPSA) is 84.4 Å². The van der Waals surface area contributed by atoms with Gasteiger partial charge in [-0.1, -0.05) is 6.92 Å². The van der Waals surface area contributed by atoms with E-state index in [-0.39, 0.29) is 11.4 Å². The van der Waals surface area contributed by atoms with Gasteiger partial charge in [-0.05, 0) is 50.4 Å². The number of anilines is 2. The van der Waals surface area contributed by atoms with E-state index in [1.54, 1.807) is 12.1 Å². The van der Waals surface area contributed by atoms with Gasteiger partial charge < -0.3 is 16.0 Å². The Labute approximate surface area is 125 Å². The van der Waals surface area contributed by atoms with E-state index in [1.807, 2.05) is 0 Å². The minimum absolute atomic E-state index is 0.0190. The minimum atomic E-state index is -0.436. The lowest BCUT2D eigenvalue weighted by molar-refractivity contribution is -0.383. The van der Waals surface area contributed by atoms with E-state index in [0.717, 1.165) is 38.3 Å². The molecule has 1 unspecified atom stereocenters. The molecule has 0 amide bonds. The summed E-state index contributed by atoms with van der Waals surface area (Å²) >= 11 is 0. The number of hydrogen-bond acceptors (Lipinski definition) is 5. The number of benzene rings is 1. The average molecular weight is 292 g/mol. The van der Waals surface area contributed by atoms with Crippen LogP contribution in [0.2, 0.25) is 0 Å². The quantitative estimate of drug-likeness (QED) is 0.478. The maximum Gasteiger partial charge on any atom is 0.292 e. The van der Waals surface area contributed by atoms with Crippen molar-refractivity contribution in [2.24, 2.45) is 5.92 Å². The van der Waals surface area contributed by atoms with Gasteiger partial charge in [0.1, 0.15) is 5.69 Å². The summed E-state index contributed by atoms with van der Waals surface area (Å²) in [4.78, 5) is 12.7. The highest BCUT2D eigenvalue weighted by atomic mass is 16.6. The third-order valence-corrected chi connectivity index (χ3v) is 3.94. The Morgan fingerprint density at radius 1 is 1.52 bits per heavy atom. The van der Waals surface area contributed by atoms with Gasteiger partial charge in [0.25, 0.3) is 5.69 Å². The first-order valence-corrected chi connectivity index (χ1v) is 7.61. The fraction of sp³-hybridized carbons (Fsp3) is 0.600. The monoisotopic (exact) mass is 292 g/mol. The second-order valence-corrected chi connectivity index (χ2v) is 5.66. The minimum Gasteiger partial charge on any atom is -0.393 e. The van der Waals surface area contributed by atoms with Crippen LogP contribution in [0.5, 0.6) is 0 Å². The van der Waals surface area contributed by atoms with Crippen LogP contribution in [0.25, 0.3) is 0 Å². The molecule has 0 saturated carbocycles. The number of hydrogen-bond donors (Lipinski definition) is 2. The predicted octanol–water partition coefficient (Wildman–Crippen LogP) is 2.39. The Hall–Kier alpha value is -1.82. The van der Waals surface area contributed by atoms with Crippen LogP contribution >= 0.6 is 0 Å². The van der Waals surface area contributed by atoms with Gasteiger partial charge in [-0.2, -0.15) is 0 Å². The Morgan fingerprint density at radius 2 is 2.33 bits per heavy atom. The van der Waals surface area contributed by atoms with Crippen LogP contribution < -0.4 is 16.0 Å². The number of nitro benzene ring substituents is 1. The van der Waals surface area contributed by atoms with Crippen molar-refractivity contribution < 1.29 is 4.92 Å². The Balaban J connectivity index is 2.13. The zero-order valence-electron chi connectivity index (χ0n) is 12.5. The SMILES string of the molecule is CCCN(CC1CCCNC1)c1ccc([N+](=O)[O-])c(N)c1. The standard InChI is InChI=1S/C15H24N4O2/c1-2-8-18(11-12-4-3-7-17-10-12)13-5-6-15(19(20)21)14(16)9-13/h5-6,9,12,17H,2-4,7-8,10-11,16H2,1H3. The zero-order valence-corrected chi connectivity index (χ0v) is 12.5. The van der Waals surface area contributed by atoms with Crippen molar-refractivity contribution in [3.63, 3.8) is 0 Å². The van der Waals surface area contributed by atoms with E-state index in [4.69, 9.17) is 5.73 Å². The summed E-state index contributed by atoms with van der Waals surface area (Å²) in [5, 5.41) is 14.3. The summed E-state index contributed by atoms with van der Waals surface area (Å²) < 4.78 is 0. The molecule has 1 aliphatic heterocycles. The number of nitrogens with one attached hydrogen (secondary N) is 1. The summed E-state index contributed by atoms with van der Waals surface area (Å²) in [5.41, 5.74) is 7.00. The molecule has 1 aromatic carbocycles. The number of nitrogen functional groups attached to an aromatic ring is 1. The van der Waals surface area contributed by atoms with Crippen LogP contribution in [0.3, 0.4) is 0 Å². The average Bonchev–Trinajstić information content (AvgIpc) is 2.47. The molecule has 0 aliphatic carbocycles. The van der Waals surface area contributed by atoms with Gasteiger partial charge in [-0.3, -0.25) is 10.1 Å². The highest BCUT2D eigenvalue weighted by molar-refractivity contribution is 5.66. The zero-order chi connectivity index (χ0) is 15.2. The maximum absolute atomic E-state index is 10.8. The van der Waals surface area contributed by atoms with E-state index in [2.05, 4.69) is 17.1 Å². The molecule has 0 aromatic heterocycles. The highest BCUT2D eigenvalue weighted by Gasteiger charge is 2.19. The number of nitrogens with zero attached hydrogens (tertiary/aromatic N) is 2. The lowest BCUT2D eigenvalue weighted by atomic mass is 9.98. The first-order chi connectivity index (χ1) is 10.1. The number of nitrogens with two attached hydrogens (primary N) is 1. The molecule has 1 atom stereocenters. The largest absolute Gasteiger partial charge is 0.393 e. The molecule has 1 saturated heterocycles. The Kier molecular flexibility index (Phi) is 5.38. The maximum atomic E-state index is 10.8. The van der Waals surface area contributed by atoms with Crippen molar-refractivity contribution in [1.82, 2.24) is 5.32 Å². The molecule has 116 valence electrons. The summed E-state index contributed by atoms with van der Waals surface area (Å²) in [6.07, 6.45) is 3.49. The molecule has 3 N–H and O–H groups in total. The second kappa shape index (κ2) is 7.26. The summed E-state index contributed by atoms with van der Waals surface area (Å²) in [5.74, 6) is 0.627. The van der Waals surface area contributed by atoms with Crippen molar-refractivity contribution in [1.29, 1.82) is 0 Å². The number of piperidine rings is 1. The molecule has 2 rings (SSSR count). The molecule has 0 radical (unpaired) electrons. The molecule has 0 bridgehead atoms. The lowest BCUT2D eigenvalue weighted by Gasteiger charge is -2.31. The molecule has 21 heavy (non-hydrogen) atoms.